The number of anilines is 1. The largest absolute Gasteiger partial charge is 0.496 e. The molecule has 0 radical (unpaired) electrons. The molecule has 1 aliphatic heterocycles. The van der Waals surface area contributed by atoms with Crippen LogP contribution in [0, 0.1) is 12.8 Å². The van der Waals surface area contributed by atoms with Gasteiger partial charge in [0.15, 0.2) is 0 Å². The van der Waals surface area contributed by atoms with Gasteiger partial charge in [0.1, 0.15) is 5.75 Å². The molecule has 5 nitrogen and oxygen atoms in total. The van der Waals surface area contributed by atoms with Gasteiger partial charge in [0.25, 0.3) is 0 Å². The van der Waals surface area contributed by atoms with Gasteiger partial charge in [-0.05, 0) is 49.4 Å². The first-order valence-electron chi connectivity index (χ1n) is 9.36. The van der Waals surface area contributed by atoms with Crippen LogP contribution in [-0.2, 0) is 22.4 Å². The van der Waals surface area contributed by atoms with E-state index in [1.54, 1.807) is 7.11 Å². The average molecular weight is 366 g/mol. The number of ether oxygens (including phenoxy) is 1. The van der Waals surface area contributed by atoms with Crippen LogP contribution in [0.25, 0.3) is 0 Å². The second kappa shape index (κ2) is 8.71. The molecule has 0 fully saturated rings. The summed E-state index contributed by atoms with van der Waals surface area (Å²) in [5.74, 6) is 0.675. The van der Waals surface area contributed by atoms with Crippen LogP contribution in [0.15, 0.2) is 42.5 Å². The fourth-order valence-corrected chi connectivity index (χ4v) is 3.48. The molecule has 1 aliphatic rings. The highest BCUT2D eigenvalue weighted by molar-refractivity contribution is 5.96. The summed E-state index contributed by atoms with van der Waals surface area (Å²) in [7, 11) is 1.65. The molecule has 2 aromatic rings. The number of nitrogens with one attached hydrogen (secondary N) is 2. The molecule has 1 unspecified atom stereocenters. The van der Waals surface area contributed by atoms with Crippen molar-refractivity contribution < 1.29 is 14.3 Å². The summed E-state index contributed by atoms with van der Waals surface area (Å²) in [6, 6.07) is 13.9. The van der Waals surface area contributed by atoms with E-state index in [0.29, 0.717) is 32.2 Å². The standard InChI is InChI=1S/C22H26N2O3/c1-15-7-9-20(27-2)17(13-15)11-12-23-21(25)10-8-18-14-16-5-3-4-6-19(16)24-22(18)26/h3-7,9,13,18H,8,10-12,14H2,1-2H3,(H,23,25)(H,24,26). The van der Waals surface area contributed by atoms with E-state index in [4.69, 9.17) is 4.74 Å². The van der Waals surface area contributed by atoms with Crippen molar-refractivity contribution in [2.75, 3.05) is 19.0 Å². The van der Waals surface area contributed by atoms with Crippen LogP contribution in [0.2, 0.25) is 0 Å². The lowest BCUT2D eigenvalue weighted by atomic mass is 9.89. The summed E-state index contributed by atoms with van der Waals surface area (Å²) in [4.78, 5) is 24.4. The van der Waals surface area contributed by atoms with Crippen molar-refractivity contribution >= 4 is 17.5 Å². The highest BCUT2D eigenvalue weighted by Gasteiger charge is 2.26. The lowest BCUT2D eigenvalue weighted by Crippen LogP contribution is -2.32. The van der Waals surface area contributed by atoms with Crippen molar-refractivity contribution in [2.45, 2.75) is 32.6 Å². The molecule has 0 saturated heterocycles. The third-order valence-electron chi connectivity index (χ3n) is 4.98. The van der Waals surface area contributed by atoms with Gasteiger partial charge in [-0.3, -0.25) is 9.59 Å². The quantitative estimate of drug-likeness (QED) is 0.790. The summed E-state index contributed by atoms with van der Waals surface area (Å²) < 4.78 is 5.37. The molecule has 0 spiro atoms. The van der Waals surface area contributed by atoms with Crippen molar-refractivity contribution in [3.63, 3.8) is 0 Å². The number of carbonyl (C=O) groups excluding carboxylic acids is 2. The van der Waals surface area contributed by atoms with Crippen LogP contribution in [-0.4, -0.2) is 25.5 Å². The third-order valence-corrected chi connectivity index (χ3v) is 4.98. The molecule has 0 saturated carbocycles. The van der Waals surface area contributed by atoms with Crippen LogP contribution < -0.4 is 15.4 Å². The molecular weight excluding hydrogens is 340 g/mol. The summed E-state index contributed by atoms with van der Waals surface area (Å²) in [6.07, 6.45) is 2.31. The van der Waals surface area contributed by atoms with Gasteiger partial charge in [0, 0.05) is 24.6 Å². The topological polar surface area (TPSA) is 67.4 Å². The van der Waals surface area contributed by atoms with Gasteiger partial charge in [-0.25, -0.2) is 0 Å². The third kappa shape index (κ3) is 4.88. The van der Waals surface area contributed by atoms with Gasteiger partial charge >= 0.3 is 0 Å². The molecule has 2 N–H and O–H groups in total. The Morgan fingerprint density at radius 1 is 1.26 bits per heavy atom. The maximum atomic E-state index is 12.2. The molecule has 1 heterocycles. The molecule has 0 bridgehead atoms. The average Bonchev–Trinajstić information content (AvgIpc) is 2.66. The first kappa shape index (κ1) is 19.0. The predicted octanol–water partition coefficient (Wildman–Crippen LogP) is 3.25. The van der Waals surface area contributed by atoms with Crippen molar-refractivity contribution in [1.29, 1.82) is 0 Å². The first-order chi connectivity index (χ1) is 13.1. The summed E-state index contributed by atoms with van der Waals surface area (Å²) in [6.45, 7) is 2.59. The molecule has 1 atom stereocenters. The molecule has 142 valence electrons. The minimum atomic E-state index is -0.150. The van der Waals surface area contributed by atoms with Crippen LogP contribution in [0.5, 0.6) is 5.75 Å². The van der Waals surface area contributed by atoms with Gasteiger partial charge in [0.2, 0.25) is 11.8 Å². The number of aryl methyl sites for hydroxylation is 1. The van der Waals surface area contributed by atoms with E-state index in [-0.39, 0.29) is 17.7 Å². The van der Waals surface area contributed by atoms with E-state index < -0.39 is 0 Å². The minimum absolute atomic E-state index is 0.00555. The van der Waals surface area contributed by atoms with Gasteiger partial charge < -0.3 is 15.4 Å². The lowest BCUT2D eigenvalue weighted by molar-refractivity contribution is -0.122. The molecule has 5 heteroatoms. The van der Waals surface area contributed by atoms with Crippen LogP contribution in [0.4, 0.5) is 5.69 Å². The van der Waals surface area contributed by atoms with E-state index in [0.717, 1.165) is 22.6 Å². The Hall–Kier alpha value is -2.82. The Morgan fingerprint density at radius 3 is 2.89 bits per heavy atom. The SMILES string of the molecule is COc1ccc(C)cc1CCNC(=O)CCC1Cc2ccccc2NC1=O. The molecule has 2 amide bonds. The number of para-hydroxylation sites is 1. The number of fused-ring (bicyclic) bond motifs is 1. The Bertz CT molecular complexity index is 832. The zero-order valence-electron chi connectivity index (χ0n) is 15.9. The molecule has 2 aromatic carbocycles. The molecular formula is C22H26N2O3. The lowest BCUT2D eigenvalue weighted by Gasteiger charge is -2.24. The monoisotopic (exact) mass is 366 g/mol. The van der Waals surface area contributed by atoms with Crippen molar-refractivity contribution in [3.05, 3.63) is 59.2 Å². The smallest absolute Gasteiger partial charge is 0.227 e. The second-order valence-corrected chi connectivity index (χ2v) is 7.00. The molecule has 0 aliphatic carbocycles. The maximum absolute atomic E-state index is 12.2. The Morgan fingerprint density at radius 2 is 2.07 bits per heavy atom. The fourth-order valence-electron chi connectivity index (χ4n) is 3.48. The van der Waals surface area contributed by atoms with Crippen LogP contribution in [0.1, 0.15) is 29.5 Å². The Kier molecular flexibility index (Phi) is 6.12. The number of hydrogen-bond acceptors (Lipinski definition) is 3. The van der Waals surface area contributed by atoms with E-state index >= 15 is 0 Å². The minimum Gasteiger partial charge on any atom is -0.496 e. The highest BCUT2D eigenvalue weighted by Crippen LogP contribution is 2.27. The number of carbonyl (C=O) groups is 2. The van der Waals surface area contributed by atoms with Crippen molar-refractivity contribution in [2.24, 2.45) is 5.92 Å². The zero-order chi connectivity index (χ0) is 19.2. The predicted molar refractivity (Wildman–Crippen MR) is 106 cm³/mol. The number of benzene rings is 2. The Balaban J connectivity index is 1.45. The normalized spacial score (nSPS) is 15.6. The van der Waals surface area contributed by atoms with E-state index in [1.165, 1.54) is 5.56 Å². The first-order valence-corrected chi connectivity index (χ1v) is 9.36. The van der Waals surface area contributed by atoms with Gasteiger partial charge in [-0.15, -0.1) is 0 Å². The van der Waals surface area contributed by atoms with E-state index in [1.807, 2.05) is 43.3 Å². The van der Waals surface area contributed by atoms with Crippen molar-refractivity contribution in [1.82, 2.24) is 5.32 Å². The van der Waals surface area contributed by atoms with Gasteiger partial charge in [-0.2, -0.15) is 0 Å². The molecule has 27 heavy (non-hydrogen) atoms. The number of methoxy groups -OCH3 is 1. The van der Waals surface area contributed by atoms with Gasteiger partial charge in [-0.1, -0.05) is 35.9 Å². The molecule has 3 rings (SSSR count). The summed E-state index contributed by atoms with van der Waals surface area (Å²) in [5.41, 5.74) is 4.27. The van der Waals surface area contributed by atoms with Crippen LogP contribution >= 0.6 is 0 Å². The molecule has 0 aromatic heterocycles. The van der Waals surface area contributed by atoms with Crippen LogP contribution in [0.3, 0.4) is 0 Å². The van der Waals surface area contributed by atoms with Gasteiger partial charge in [0.05, 0.1) is 7.11 Å². The van der Waals surface area contributed by atoms with Crippen molar-refractivity contribution in [3.8, 4) is 5.75 Å². The highest BCUT2D eigenvalue weighted by atomic mass is 16.5. The maximum Gasteiger partial charge on any atom is 0.227 e. The number of hydrogen-bond donors (Lipinski definition) is 2. The second-order valence-electron chi connectivity index (χ2n) is 7.00. The number of amides is 2. The Labute approximate surface area is 160 Å². The number of rotatable bonds is 7. The summed E-state index contributed by atoms with van der Waals surface area (Å²) >= 11 is 0. The fraction of sp³-hybridized carbons (Fsp3) is 0.364. The summed E-state index contributed by atoms with van der Waals surface area (Å²) in [5, 5.41) is 5.88. The van der Waals surface area contributed by atoms with E-state index in [2.05, 4.69) is 16.7 Å². The van der Waals surface area contributed by atoms with E-state index in [9.17, 15) is 9.59 Å². The zero-order valence-corrected chi connectivity index (χ0v) is 15.9.